The fourth-order valence-electron chi connectivity index (χ4n) is 6.27. The molecule has 46 heavy (non-hydrogen) atoms. The number of nitro benzene ring substituents is 1. The van der Waals surface area contributed by atoms with Gasteiger partial charge in [-0.1, -0.05) is 136 Å². The maximum absolute atomic E-state index is 12.4. The van der Waals surface area contributed by atoms with Gasteiger partial charge in [0.25, 0.3) is 5.69 Å². The van der Waals surface area contributed by atoms with Crippen LogP contribution >= 0.6 is 0 Å². The number of nitro groups is 1. The summed E-state index contributed by atoms with van der Waals surface area (Å²) in [6.07, 6.45) is 25.2. The van der Waals surface area contributed by atoms with Crippen molar-refractivity contribution in [1.29, 1.82) is 0 Å². The van der Waals surface area contributed by atoms with Crippen LogP contribution in [0.25, 0.3) is 0 Å². The predicted molar refractivity (Wildman–Crippen MR) is 186 cm³/mol. The molecule has 0 saturated heterocycles. The van der Waals surface area contributed by atoms with Crippen molar-refractivity contribution in [3.63, 3.8) is 0 Å². The quantitative estimate of drug-likeness (QED) is 0.0290. The Morgan fingerprint density at radius 2 is 1.11 bits per heavy atom. The third-order valence-electron chi connectivity index (χ3n) is 9.12. The van der Waals surface area contributed by atoms with Crippen molar-refractivity contribution in [1.82, 2.24) is 0 Å². The van der Waals surface area contributed by atoms with Gasteiger partial charge in [0.15, 0.2) is 0 Å². The van der Waals surface area contributed by atoms with Gasteiger partial charge in [0, 0.05) is 12.1 Å². The van der Waals surface area contributed by atoms with Gasteiger partial charge in [0.2, 0.25) is 0 Å². The third kappa shape index (κ3) is 21.2. The molecule has 8 heteroatoms. The molecule has 0 aromatic heterocycles. The van der Waals surface area contributed by atoms with Crippen LogP contribution in [0.15, 0.2) is 24.3 Å². The smallest absolute Gasteiger partial charge is 0.481 e. The van der Waals surface area contributed by atoms with Crippen molar-refractivity contribution in [3.8, 4) is 5.75 Å². The van der Waals surface area contributed by atoms with Crippen LogP contribution < -0.4 is 4.74 Å². The molecule has 1 N–H and O–H groups in total. The molecule has 0 radical (unpaired) electrons. The van der Waals surface area contributed by atoms with E-state index in [2.05, 4.69) is 20.8 Å². The highest BCUT2D eigenvalue weighted by Crippen LogP contribution is 2.28. The van der Waals surface area contributed by atoms with Crippen LogP contribution in [0, 0.1) is 22.0 Å². The second-order valence-electron chi connectivity index (χ2n) is 13.2. The molecule has 0 saturated carbocycles. The maximum Gasteiger partial charge on any atom is 0.514 e. The first-order valence-electron chi connectivity index (χ1n) is 18.7. The number of unbranched alkanes of at least 4 members (excludes halogenated alkanes) is 14. The number of benzene rings is 1. The third-order valence-corrected chi connectivity index (χ3v) is 9.12. The molecule has 0 aliphatic rings. The van der Waals surface area contributed by atoms with Crippen molar-refractivity contribution < 1.29 is 29.1 Å². The molecule has 1 aromatic carbocycles. The van der Waals surface area contributed by atoms with Crippen LogP contribution in [-0.4, -0.2) is 28.3 Å². The summed E-state index contributed by atoms with van der Waals surface area (Å²) in [4.78, 5) is 34.9. The molecule has 0 aliphatic heterocycles. The summed E-state index contributed by atoms with van der Waals surface area (Å²) in [6.45, 7) is 6.61. The standard InChI is InChI=1S/C38H65NO7/c1-4-7-10-12-14-19-23-32(22-18-11-8-5-2)31-33(37(40)41)24-20-15-13-16-21-26-35(25-17-9-6-3)45-38(42)46-36-29-27-34(28-30-36)39(43)44/h27-30,32-33,35H,4-26,31H2,1-3H3,(H,40,41). The Morgan fingerprint density at radius 1 is 0.674 bits per heavy atom. The Hall–Kier alpha value is -2.64. The van der Waals surface area contributed by atoms with Crippen LogP contribution in [-0.2, 0) is 9.53 Å². The van der Waals surface area contributed by atoms with E-state index < -0.39 is 17.0 Å². The predicted octanol–water partition coefficient (Wildman–Crippen LogP) is 12.2. The summed E-state index contributed by atoms with van der Waals surface area (Å²) in [5, 5.41) is 20.9. The van der Waals surface area contributed by atoms with E-state index in [-0.39, 0.29) is 23.5 Å². The summed E-state index contributed by atoms with van der Waals surface area (Å²) in [5.41, 5.74) is -0.0675. The van der Waals surface area contributed by atoms with Crippen molar-refractivity contribution in [2.45, 2.75) is 181 Å². The maximum atomic E-state index is 12.4. The van der Waals surface area contributed by atoms with Crippen LogP contribution in [0.5, 0.6) is 5.75 Å². The van der Waals surface area contributed by atoms with E-state index in [1.807, 2.05) is 0 Å². The molecule has 0 heterocycles. The van der Waals surface area contributed by atoms with Gasteiger partial charge in [-0.2, -0.15) is 0 Å². The summed E-state index contributed by atoms with van der Waals surface area (Å²) in [7, 11) is 0. The number of carboxylic acid groups (broad SMARTS) is 1. The van der Waals surface area contributed by atoms with E-state index in [9.17, 15) is 24.8 Å². The lowest BCUT2D eigenvalue weighted by Crippen LogP contribution is -2.21. The van der Waals surface area contributed by atoms with E-state index in [1.54, 1.807) is 0 Å². The minimum atomic E-state index is -0.782. The molecular weight excluding hydrogens is 582 g/mol. The highest BCUT2D eigenvalue weighted by atomic mass is 16.7. The SMILES string of the molecule is CCCCCCCCC(CCCCCC)CC(CCCCCCCC(CCCCC)OC(=O)Oc1ccc([N+](=O)[O-])cc1)C(=O)O. The van der Waals surface area contributed by atoms with E-state index in [1.165, 1.54) is 101 Å². The average molecular weight is 648 g/mol. The van der Waals surface area contributed by atoms with Crippen LogP contribution in [0.1, 0.15) is 175 Å². The van der Waals surface area contributed by atoms with E-state index in [4.69, 9.17) is 9.47 Å². The van der Waals surface area contributed by atoms with Crippen LogP contribution in [0.4, 0.5) is 10.5 Å². The first-order chi connectivity index (χ1) is 22.3. The molecule has 1 aromatic rings. The second-order valence-corrected chi connectivity index (χ2v) is 13.2. The van der Waals surface area contributed by atoms with Gasteiger partial charge in [0.1, 0.15) is 11.9 Å². The second kappa shape index (κ2) is 27.5. The summed E-state index contributed by atoms with van der Waals surface area (Å²) in [5.74, 6) is -0.128. The number of carboxylic acids is 1. The Bertz CT molecular complexity index is 920. The fourth-order valence-corrected chi connectivity index (χ4v) is 6.27. The van der Waals surface area contributed by atoms with Gasteiger partial charge < -0.3 is 14.6 Å². The Morgan fingerprint density at radius 3 is 1.63 bits per heavy atom. The molecule has 3 unspecified atom stereocenters. The number of ether oxygens (including phenoxy) is 2. The lowest BCUT2D eigenvalue weighted by Gasteiger charge is -2.21. The molecule has 3 atom stereocenters. The minimum Gasteiger partial charge on any atom is -0.481 e. The van der Waals surface area contributed by atoms with Gasteiger partial charge in [-0.25, -0.2) is 4.79 Å². The topological polar surface area (TPSA) is 116 Å². The van der Waals surface area contributed by atoms with Crippen molar-refractivity contribution in [3.05, 3.63) is 34.4 Å². The van der Waals surface area contributed by atoms with Crippen LogP contribution in [0.3, 0.4) is 0 Å². The lowest BCUT2D eigenvalue weighted by molar-refractivity contribution is -0.384. The molecule has 0 fully saturated rings. The highest BCUT2D eigenvalue weighted by molar-refractivity contribution is 5.69. The number of rotatable bonds is 30. The molecular formula is C38H65NO7. The number of hydrogen-bond acceptors (Lipinski definition) is 6. The van der Waals surface area contributed by atoms with E-state index in [0.717, 1.165) is 77.0 Å². The Labute approximate surface area is 279 Å². The van der Waals surface area contributed by atoms with Gasteiger partial charge in [-0.05, 0) is 56.6 Å². The largest absolute Gasteiger partial charge is 0.514 e. The van der Waals surface area contributed by atoms with Gasteiger partial charge >= 0.3 is 12.1 Å². The average Bonchev–Trinajstić information content (AvgIpc) is 3.03. The van der Waals surface area contributed by atoms with Crippen molar-refractivity contribution in [2.24, 2.45) is 11.8 Å². The molecule has 264 valence electrons. The van der Waals surface area contributed by atoms with Gasteiger partial charge in [-0.3, -0.25) is 14.9 Å². The number of carbonyl (C=O) groups is 2. The number of aliphatic carboxylic acids is 1. The summed E-state index contributed by atoms with van der Waals surface area (Å²) < 4.78 is 10.9. The van der Waals surface area contributed by atoms with E-state index >= 15 is 0 Å². The van der Waals surface area contributed by atoms with Crippen LogP contribution in [0.2, 0.25) is 0 Å². The molecule has 0 bridgehead atoms. The zero-order valence-corrected chi connectivity index (χ0v) is 29.4. The van der Waals surface area contributed by atoms with Crippen molar-refractivity contribution >= 4 is 17.8 Å². The summed E-state index contributed by atoms with van der Waals surface area (Å²) >= 11 is 0. The molecule has 1 rings (SSSR count). The molecule has 0 amide bonds. The number of carbonyl (C=O) groups excluding carboxylic acids is 1. The van der Waals surface area contributed by atoms with E-state index in [0.29, 0.717) is 5.92 Å². The normalized spacial score (nSPS) is 13.2. The molecule has 0 spiro atoms. The molecule has 0 aliphatic carbocycles. The van der Waals surface area contributed by atoms with Crippen molar-refractivity contribution in [2.75, 3.05) is 0 Å². The van der Waals surface area contributed by atoms with Gasteiger partial charge in [-0.15, -0.1) is 0 Å². The number of nitrogens with zero attached hydrogens (tertiary/aromatic N) is 1. The Balaban J connectivity index is 2.45. The minimum absolute atomic E-state index is 0.0675. The summed E-state index contributed by atoms with van der Waals surface area (Å²) in [6, 6.07) is 5.38. The first-order valence-corrected chi connectivity index (χ1v) is 18.7. The molecule has 8 nitrogen and oxygen atoms in total. The van der Waals surface area contributed by atoms with Gasteiger partial charge in [0.05, 0.1) is 10.8 Å². The zero-order chi connectivity index (χ0) is 33.8. The fraction of sp³-hybridized carbons (Fsp3) is 0.789. The lowest BCUT2D eigenvalue weighted by atomic mass is 9.84. The Kier molecular flexibility index (Phi) is 24.7. The zero-order valence-electron chi connectivity index (χ0n) is 29.4. The number of hydrogen-bond donors (Lipinski definition) is 1. The number of non-ortho nitro benzene ring substituents is 1. The highest BCUT2D eigenvalue weighted by Gasteiger charge is 2.22. The monoisotopic (exact) mass is 647 g/mol. The first kappa shape index (κ1) is 41.4.